The molecule has 154 valence electrons. The van der Waals surface area contributed by atoms with Crippen molar-refractivity contribution in [2.75, 3.05) is 7.11 Å². The van der Waals surface area contributed by atoms with Gasteiger partial charge in [-0.2, -0.15) is 0 Å². The average molecular weight is 448 g/mol. The molecule has 1 aromatic heterocycles. The van der Waals surface area contributed by atoms with E-state index in [1.807, 2.05) is 24.3 Å². The maximum absolute atomic E-state index is 12.2. The number of carbonyl (C=O) groups is 1. The van der Waals surface area contributed by atoms with Crippen LogP contribution in [0.4, 0.5) is 5.69 Å². The van der Waals surface area contributed by atoms with E-state index >= 15 is 0 Å². The summed E-state index contributed by atoms with van der Waals surface area (Å²) in [6.07, 6.45) is 1.04. The number of halogens is 1. The Hall–Kier alpha value is -3.30. The van der Waals surface area contributed by atoms with E-state index in [-0.39, 0.29) is 16.3 Å². The van der Waals surface area contributed by atoms with Crippen molar-refractivity contribution in [3.63, 3.8) is 0 Å². The van der Waals surface area contributed by atoms with Crippen LogP contribution in [0.1, 0.15) is 16.1 Å². The molecule has 0 aliphatic carbocycles. The Morgan fingerprint density at radius 1 is 1.20 bits per heavy atom. The second-order valence-corrected chi connectivity index (χ2v) is 7.31. The van der Waals surface area contributed by atoms with Crippen molar-refractivity contribution >= 4 is 35.0 Å². The number of nitrogens with zero attached hydrogens (tertiary/aromatic N) is 1. The molecule has 30 heavy (non-hydrogen) atoms. The first-order valence-corrected chi connectivity index (χ1v) is 9.78. The fourth-order valence-corrected chi connectivity index (χ4v) is 3.33. The minimum atomic E-state index is -0.942. The van der Waals surface area contributed by atoms with Crippen LogP contribution < -0.4 is 14.9 Å². The van der Waals surface area contributed by atoms with E-state index in [1.165, 1.54) is 30.0 Å². The normalized spacial score (nSPS) is 10.5. The first-order chi connectivity index (χ1) is 14.4. The fourth-order valence-electron chi connectivity index (χ4n) is 2.35. The standard InChI is InChI=1S/C20H14ClNO7S/c1-27-13-3-5-15(6-4-13)30-11-14-9-18(23)19(10-28-14)29-20(24)12-2-7-16(21)17(8-12)22(25)26/h2-10H,11H2,1H3. The van der Waals surface area contributed by atoms with Gasteiger partial charge in [-0.15, -0.1) is 11.8 Å². The van der Waals surface area contributed by atoms with Crippen LogP contribution in [0.15, 0.2) is 68.9 Å². The highest BCUT2D eigenvalue weighted by atomic mass is 35.5. The number of nitro groups is 1. The highest BCUT2D eigenvalue weighted by Gasteiger charge is 2.19. The summed E-state index contributed by atoms with van der Waals surface area (Å²) < 4.78 is 15.5. The first-order valence-electron chi connectivity index (χ1n) is 8.42. The lowest BCUT2D eigenvalue weighted by molar-refractivity contribution is -0.384. The van der Waals surface area contributed by atoms with E-state index in [9.17, 15) is 19.7 Å². The molecule has 0 aliphatic heterocycles. The molecule has 0 saturated heterocycles. The molecule has 10 heteroatoms. The van der Waals surface area contributed by atoms with Crippen LogP contribution in [-0.2, 0) is 5.75 Å². The molecule has 0 N–H and O–H groups in total. The first kappa shape index (κ1) is 21.4. The fraction of sp³-hybridized carbons (Fsp3) is 0.100. The van der Waals surface area contributed by atoms with Crippen LogP contribution in [0.25, 0.3) is 0 Å². The van der Waals surface area contributed by atoms with E-state index in [0.29, 0.717) is 11.5 Å². The van der Waals surface area contributed by atoms with Gasteiger partial charge in [0.2, 0.25) is 11.2 Å². The van der Waals surface area contributed by atoms with Gasteiger partial charge in [-0.25, -0.2) is 4.79 Å². The number of methoxy groups -OCH3 is 1. The average Bonchev–Trinajstić information content (AvgIpc) is 2.74. The summed E-state index contributed by atoms with van der Waals surface area (Å²) in [5.74, 6) is 0.253. The van der Waals surface area contributed by atoms with Gasteiger partial charge in [-0.3, -0.25) is 14.9 Å². The largest absolute Gasteiger partial charge is 0.497 e. The van der Waals surface area contributed by atoms with Gasteiger partial charge in [-0.05, 0) is 36.4 Å². The maximum atomic E-state index is 12.2. The van der Waals surface area contributed by atoms with E-state index in [0.717, 1.165) is 23.0 Å². The van der Waals surface area contributed by atoms with Crippen LogP contribution >= 0.6 is 23.4 Å². The Balaban J connectivity index is 1.67. The third-order valence-electron chi connectivity index (χ3n) is 3.87. The molecule has 0 atom stereocenters. The van der Waals surface area contributed by atoms with Gasteiger partial charge in [-0.1, -0.05) is 11.6 Å². The summed E-state index contributed by atoms with van der Waals surface area (Å²) in [6.45, 7) is 0. The zero-order valence-electron chi connectivity index (χ0n) is 15.5. The molecule has 0 radical (unpaired) electrons. The van der Waals surface area contributed by atoms with E-state index in [4.69, 9.17) is 25.5 Å². The second-order valence-electron chi connectivity index (χ2n) is 5.85. The number of rotatable bonds is 7. The summed E-state index contributed by atoms with van der Waals surface area (Å²) in [5, 5.41) is 10.8. The molecule has 0 amide bonds. The second kappa shape index (κ2) is 9.47. The molecule has 3 aromatic rings. The van der Waals surface area contributed by atoms with Crippen LogP contribution in [0.2, 0.25) is 5.02 Å². The van der Waals surface area contributed by atoms with Crippen molar-refractivity contribution < 1.29 is 23.6 Å². The Morgan fingerprint density at radius 3 is 2.57 bits per heavy atom. The van der Waals surface area contributed by atoms with Gasteiger partial charge in [0.15, 0.2) is 0 Å². The van der Waals surface area contributed by atoms with Gasteiger partial charge in [0.05, 0.1) is 23.3 Å². The monoisotopic (exact) mass is 447 g/mol. The smallest absolute Gasteiger partial charge is 0.344 e. The summed E-state index contributed by atoms with van der Waals surface area (Å²) >= 11 is 7.17. The molecular weight excluding hydrogens is 434 g/mol. The molecule has 0 fully saturated rings. The van der Waals surface area contributed by atoms with Gasteiger partial charge in [0.25, 0.3) is 5.69 Å². The lowest BCUT2D eigenvalue weighted by Crippen LogP contribution is -2.15. The highest BCUT2D eigenvalue weighted by molar-refractivity contribution is 7.98. The molecule has 2 aromatic carbocycles. The van der Waals surface area contributed by atoms with Crippen molar-refractivity contribution in [3.05, 3.63) is 91.5 Å². The Bertz CT molecular complexity index is 1140. The maximum Gasteiger partial charge on any atom is 0.344 e. The Labute approximate surface area is 179 Å². The van der Waals surface area contributed by atoms with E-state index in [2.05, 4.69) is 0 Å². The molecule has 0 bridgehead atoms. The highest BCUT2D eigenvalue weighted by Crippen LogP contribution is 2.26. The molecule has 0 unspecified atom stereocenters. The molecule has 3 rings (SSSR count). The van der Waals surface area contributed by atoms with Crippen molar-refractivity contribution in [2.45, 2.75) is 10.6 Å². The quantitative estimate of drug-likeness (QED) is 0.221. The van der Waals surface area contributed by atoms with Crippen LogP contribution in [-0.4, -0.2) is 18.0 Å². The predicted octanol–water partition coefficient (Wildman–Crippen LogP) is 4.72. The van der Waals surface area contributed by atoms with Crippen LogP contribution in [0, 0.1) is 10.1 Å². The van der Waals surface area contributed by atoms with Gasteiger partial charge >= 0.3 is 5.97 Å². The summed E-state index contributed by atoms with van der Waals surface area (Å²) in [5.41, 5.74) is -1.11. The minimum absolute atomic E-state index is 0.116. The number of benzene rings is 2. The van der Waals surface area contributed by atoms with Crippen LogP contribution in [0.5, 0.6) is 11.5 Å². The van der Waals surface area contributed by atoms with Crippen molar-refractivity contribution in [1.29, 1.82) is 0 Å². The zero-order valence-corrected chi connectivity index (χ0v) is 17.1. The minimum Gasteiger partial charge on any atom is -0.497 e. The van der Waals surface area contributed by atoms with Gasteiger partial charge in [0, 0.05) is 17.0 Å². The van der Waals surface area contributed by atoms with Gasteiger partial charge < -0.3 is 13.9 Å². The number of ether oxygens (including phenoxy) is 2. The number of hydrogen-bond donors (Lipinski definition) is 0. The summed E-state index contributed by atoms with van der Waals surface area (Å²) in [7, 11) is 1.58. The number of hydrogen-bond acceptors (Lipinski definition) is 8. The Morgan fingerprint density at radius 2 is 1.93 bits per heavy atom. The van der Waals surface area contributed by atoms with Crippen LogP contribution in [0.3, 0.4) is 0 Å². The number of nitro benzene ring substituents is 1. The zero-order chi connectivity index (χ0) is 21.7. The topological polar surface area (TPSA) is 109 Å². The van der Waals surface area contributed by atoms with Crippen molar-refractivity contribution in [1.82, 2.24) is 0 Å². The predicted molar refractivity (Wildman–Crippen MR) is 111 cm³/mol. The number of esters is 1. The third kappa shape index (κ3) is 5.19. The lowest BCUT2D eigenvalue weighted by atomic mass is 10.2. The Kier molecular flexibility index (Phi) is 6.76. The molecule has 1 heterocycles. The lowest BCUT2D eigenvalue weighted by Gasteiger charge is -2.06. The number of carbonyl (C=O) groups excluding carboxylic acids is 1. The molecule has 8 nitrogen and oxygen atoms in total. The summed E-state index contributed by atoms with van der Waals surface area (Å²) in [6, 6.07) is 12.1. The summed E-state index contributed by atoms with van der Waals surface area (Å²) in [4.78, 5) is 35.6. The van der Waals surface area contributed by atoms with E-state index < -0.39 is 22.0 Å². The number of thioether (sulfide) groups is 1. The van der Waals surface area contributed by atoms with E-state index in [1.54, 1.807) is 7.11 Å². The van der Waals surface area contributed by atoms with Gasteiger partial charge in [0.1, 0.15) is 22.8 Å². The molecule has 0 aliphatic rings. The third-order valence-corrected chi connectivity index (χ3v) is 5.23. The van der Waals surface area contributed by atoms with Crippen molar-refractivity contribution in [3.8, 4) is 11.5 Å². The van der Waals surface area contributed by atoms with Crippen molar-refractivity contribution in [2.24, 2.45) is 0 Å². The molecular formula is C20H14ClNO7S. The molecule has 0 saturated carbocycles. The molecule has 0 spiro atoms. The SMILES string of the molecule is COc1ccc(SCc2cc(=O)c(OC(=O)c3ccc(Cl)c([N+](=O)[O-])c3)co2)cc1.